The van der Waals surface area contributed by atoms with E-state index in [1.54, 1.807) is 7.11 Å². The average molecular weight is 493 g/mol. The maximum Gasteiger partial charge on any atom is 0.291 e. The first-order valence-corrected chi connectivity index (χ1v) is 13.1. The highest BCUT2D eigenvalue weighted by molar-refractivity contribution is 7.99. The summed E-state index contributed by atoms with van der Waals surface area (Å²) in [5.74, 6) is 1.61. The molecule has 4 rings (SSSR count). The predicted octanol–water partition coefficient (Wildman–Crippen LogP) is 5.48. The number of thioether (sulfide) groups is 1. The first-order chi connectivity index (χ1) is 17.2. The lowest BCUT2D eigenvalue weighted by Gasteiger charge is -2.05. The summed E-state index contributed by atoms with van der Waals surface area (Å²) >= 11 is 1.85. The van der Waals surface area contributed by atoms with Crippen molar-refractivity contribution in [2.45, 2.75) is 43.9 Å². The molecule has 2 heterocycles. The molecule has 0 radical (unpaired) electrons. The molecule has 0 saturated heterocycles. The molecular formula is C26H32N6O2S. The van der Waals surface area contributed by atoms with E-state index >= 15 is 0 Å². The van der Waals surface area contributed by atoms with Crippen molar-refractivity contribution in [1.29, 1.82) is 0 Å². The molecule has 1 aliphatic rings. The van der Waals surface area contributed by atoms with E-state index in [0.29, 0.717) is 30.8 Å². The van der Waals surface area contributed by atoms with Crippen LogP contribution in [-0.4, -0.2) is 53.6 Å². The number of ether oxygens (including phenoxy) is 1. The number of aromatic nitrogens is 2. The fourth-order valence-corrected chi connectivity index (χ4v) is 4.63. The van der Waals surface area contributed by atoms with Crippen molar-refractivity contribution in [1.82, 2.24) is 9.97 Å². The molecule has 9 heteroatoms. The lowest BCUT2D eigenvalue weighted by Crippen LogP contribution is -2.15. The topological polar surface area (TPSA) is 104 Å². The third-order valence-electron chi connectivity index (χ3n) is 5.58. The Morgan fingerprint density at radius 3 is 2.77 bits per heavy atom. The van der Waals surface area contributed by atoms with Gasteiger partial charge in [0, 0.05) is 23.5 Å². The Morgan fingerprint density at radius 2 is 1.94 bits per heavy atom. The number of methoxy groups -OCH3 is 1. The number of H-pyrrole nitrogens is 1. The maximum absolute atomic E-state index is 12.1. The second kappa shape index (κ2) is 12.4. The number of nitrogens with zero attached hydrogens (tertiary/aromatic N) is 3. The minimum Gasteiger partial charge on any atom is -0.468 e. The second-order valence-corrected chi connectivity index (χ2v) is 9.44. The highest BCUT2D eigenvalue weighted by Gasteiger charge is 2.24. The molecule has 1 aromatic heterocycles. The van der Waals surface area contributed by atoms with Gasteiger partial charge in [-0.05, 0) is 49.3 Å². The predicted molar refractivity (Wildman–Crippen MR) is 145 cm³/mol. The van der Waals surface area contributed by atoms with Gasteiger partial charge in [-0.2, -0.15) is 0 Å². The molecule has 35 heavy (non-hydrogen) atoms. The van der Waals surface area contributed by atoms with Crippen molar-refractivity contribution in [3.05, 3.63) is 48.0 Å². The maximum atomic E-state index is 12.1. The molecule has 8 nitrogen and oxygen atoms in total. The monoisotopic (exact) mass is 492 g/mol. The fourth-order valence-electron chi connectivity index (χ4n) is 3.82. The number of amides is 1. The number of rotatable bonds is 11. The number of unbranched alkanes of at least 4 members (excludes halogenated alkanes) is 3. The van der Waals surface area contributed by atoms with Gasteiger partial charge in [-0.3, -0.25) is 15.1 Å². The highest BCUT2D eigenvalue weighted by atomic mass is 32.2. The number of benzene rings is 2. The van der Waals surface area contributed by atoms with Gasteiger partial charge in [0.25, 0.3) is 11.9 Å². The molecule has 0 atom stereocenters. The molecule has 0 bridgehead atoms. The van der Waals surface area contributed by atoms with Crippen LogP contribution < -0.4 is 10.6 Å². The number of nitrogens with one attached hydrogen (secondary N) is 3. The first-order valence-electron chi connectivity index (χ1n) is 12.1. The van der Waals surface area contributed by atoms with Crippen molar-refractivity contribution in [3.8, 4) is 0 Å². The lowest BCUT2D eigenvalue weighted by molar-refractivity contribution is -0.110. The number of para-hydroxylation sites is 1. The van der Waals surface area contributed by atoms with Crippen LogP contribution in [0.25, 0.3) is 11.0 Å². The summed E-state index contributed by atoms with van der Waals surface area (Å²) in [5, 5.41) is 5.99. The SMILES string of the molecule is CCCSc1ccc2nc(NC(=NCCCCCCN=C3C(=O)Nc4ccccc43)OC)[nH]c2c1. The van der Waals surface area contributed by atoms with Gasteiger partial charge < -0.3 is 15.0 Å². The summed E-state index contributed by atoms with van der Waals surface area (Å²) in [5.41, 5.74) is 4.18. The summed E-state index contributed by atoms with van der Waals surface area (Å²) in [7, 11) is 1.60. The molecule has 3 N–H and O–H groups in total. The molecule has 0 spiro atoms. The van der Waals surface area contributed by atoms with Gasteiger partial charge in [-0.15, -0.1) is 11.8 Å². The van der Waals surface area contributed by atoms with Crippen molar-refractivity contribution in [3.63, 3.8) is 0 Å². The second-order valence-electron chi connectivity index (χ2n) is 8.27. The van der Waals surface area contributed by atoms with Gasteiger partial charge >= 0.3 is 0 Å². The number of fused-ring (bicyclic) bond motifs is 2. The van der Waals surface area contributed by atoms with E-state index in [1.165, 1.54) is 4.90 Å². The Morgan fingerprint density at radius 1 is 1.11 bits per heavy atom. The molecule has 0 unspecified atom stereocenters. The summed E-state index contributed by atoms with van der Waals surface area (Å²) in [6.07, 6.45) is 5.11. The number of hydrogen-bond donors (Lipinski definition) is 3. The molecule has 0 fully saturated rings. The Balaban J connectivity index is 1.19. The van der Waals surface area contributed by atoms with Gasteiger partial charge in [-0.25, -0.2) is 9.98 Å². The van der Waals surface area contributed by atoms with E-state index in [9.17, 15) is 4.79 Å². The Bertz CT molecular complexity index is 1220. The number of carbonyl (C=O) groups is 1. The lowest BCUT2D eigenvalue weighted by atomic mass is 10.1. The number of aliphatic imine (C=N–C) groups is 2. The first kappa shape index (κ1) is 24.8. The van der Waals surface area contributed by atoms with Crippen LogP contribution in [0, 0.1) is 0 Å². The summed E-state index contributed by atoms with van der Waals surface area (Å²) in [6.45, 7) is 3.50. The van der Waals surface area contributed by atoms with Gasteiger partial charge in [0.15, 0.2) is 0 Å². The third kappa shape index (κ3) is 6.63. The van der Waals surface area contributed by atoms with E-state index in [0.717, 1.165) is 60.1 Å². The molecular weight excluding hydrogens is 460 g/mol. The van der Waals surface area contributed by atoms with E-state index in [2.05, 4.69) is 49.6 Å². The van der Waals surface area contributed by atoms with Crippen LogP contribution in [0.2, 0.25) is 0 Å². The van der Waals surface area contributed by atoms with Crippen LogP contribution in [0.4, 0.5) is 11.6 Å². The van der Waals surface area contributed by atoms with Gasteiger partial charge in [-0.1, -0.05) is 38.0 Å². The van der Waals surface area contributed by atoms with Crippen molar-refractivity contribution < 1.29 is 9.53 Å². The van der Waals surface area contributed by atoms with Gasteiger partial charge in [0.1, 0.15) is 5.71 Å². The van der Waals surface area contributed by atoms with Crippen LogP contribution in [0.3, 0.4) is 0 Å². The van der Waals surface area contributed by atoms with Crippen molar-refractivity contribution >= 4 is 52.1 Å². The van der Waals surface area contributed by atoms with Crippen LogP contribution in [0.5, 0.6) is 0 Å². The third-order valence-corrected chi connectivity index (χ3v) is 6.78. The van der Waals surface area contributed by atoms with E-state index in [4.69, 9.17) is 4.74 Å². The van der Waals surface area contributed by atoms with Crippen LogP contribution in [0.15, 0.2) is 57.3 Å². The number of imidazole rings is 1. The Hall–Kier alpha value is -3.33. The van der Waals surface area contributed by atoms with Crippen LogP contribution >= 0.6 is 11.8 Å². The average Bonchev–Trinajstić information content (AvgIpc) is 3.42. The fraction of sp³-hybridized carbons (Fsp3) is 0.385. The number of aromatic amines is 1. The normalized spacial score (nSPS) is 14.4. The number of carbonyl (C=O) groups excluding carboxylic acids is 1. The number of hydrogen-bond acceptors (Lipinski definition) is 6. The van der Waals surface area contributed by atoms with E-state index < -0.39 is 0 Å². The van der Waals surface area contributed by atoms with E-state index in [1.807, 2.05) is 42.1 Å². The standard InChI is InChI=1S/C26H32N6O2S/c1-3-16-35-18-12-13-21-22(17-18)31-25(30-21)32-26(34-2)28-15-9-5-4-8-14-27-23-19-10-6-7-11-20(19)29-24(23)33/h6-7,10-13,17H,3-5,8-9,14-16H2,1-2H3,(H,27,29,33)(H2,28,30,31,32). The van der Waals surface area contributed by atoms with E-state index in [-0.39, 0.29) is 5.91 Å². The molecule has 3 aromatic rings. The Labute approximate surface area is 210 Å². The molecule has 0 saturated carbocycles. The zero-order valence-corrected chi connectivity index (χ0v) is 21.1. The molecule has 1 amide bonds. The van der Waals surface area contributed by atoms with Gasteiger partial charge in [0.05, 0.1) is 23.8 Å². The minimum atomic E-state index is -0.111. The molecule has 184 valence electrons. The smallest absolute Gasteiger partial charge is 0.291 e. The van der Waals surface area contributed by atoms with Crippen molar-refractivity contribution in [2.24, 2.45) is 9.98 Å². The summed E-state index contributed by atoms with van der Waals surface area (Å²) in [4.78, 5) is 30.2. The largest absolute Gasteiger partial charge is 0.468 e. The summed E-state index contributed by atoms with van der Waals surface area (Å²) in [6, 6.07) is 14.4. The zero-order chi connectivity index (χ0) is 24.5. The molecule has 1 aliphatic heterocycles. The van der Waals surface area contributed by atoms with Gasteiger partial charge in [0.2, 0.25) is 5.95 Å². The van der Waals surface area contributed by atoms with Crippen molar-refractivity contribution in [2.75, 3.05) is 36.6 Å². The Kier molecular flexibility index (Phi) is 8.78. The quantitative estimate of drug-likeness (QED) is 0.142. The number of amidine groups is 1. The highest BCUT2D eigenvalue weighted by Crippen LogP contribution is 2.24. The minimum absolute atomic E-state index is 0.111. The van der Waals surface area contributed by atoms with Crippen LogP contribution in [0.1, 0.15) is 44.6 Å². The molecule has 2 aromatic carbocycles. The zero-order valence-electron chi connectivity index (χ0n) is 20.3. The summed E-state index contributed by atoms with van der Waals surface area (Å²) < 4.78 is 5.39. The molecule has 0 aliphatic carbocycles. The van der Waals surface area contributed by atoms with Crippen LogP contribution in [-0.2, 0) is 9.53 Å². The number of anilines is 2.